The topological polar surface area (TPSA) is 0 Å². The lowest BCUT2D eigenvalue weighted by Crippen LogP contribution is -2.00. The van der Waals surface area contributed by atoms with Gasteiger partial charge in [-0.2, -0.15) is 0 Å². The van der Waals surface area contributed by atoms with Crippen molar-refractivity contribution in [3.05, 3.63) is 0 Å². The van der Waals surface area contributed by atoms with E-state index >= 15 is 0 Å². The minimum atomic E-state index is 0.425. The van der Waals surface area contributed by atoms with Gasteiger partial charge in [0, 0.05) is 0 Å². The molecule has 7 heavy (non-hydrogen) atoms. The maximum atomic E-state index is 5.78. The van der Waals surface area contributed by atoms with Crippen LogP contribution in [0.25, 0.3) is 0 Å². The predicted molar refractivity (Wildman–Crippen MR) is 36.0 cm³/mol. The minimum Gasteiger partial charge on any atom is -0.142 e. The first-order chi connectivity index (χ1) is 3.39. The number of hydrogen-bond acceptors (Lipinski definition) is 1. The molecule has 0 saturated carbocycles. The summed E-state index contributed by atoms with van der Waals surface area (Å²) in [6.45, 7) is 0. The standard InChI is InChI=1S/C5H9ClS/c6-5-3-1-2-4-7-5/h5H,1-4H2. The van der Waals surface area contributed by atoms with Crippen LogP contribution in [0.3, 0.4) is 0 Å². The first-order valence-electron chi connectivity index (χ1n) is 2.65. The molecule has 1 rings (SSSR count). The molecule has 42 valence electrons. The fraction of sp³-hybridized carbons (Fsp3) is 1.00. The molecule has 0 aromatic heterocycles. The van der Waals surface area contributed by atoms with Crippen LogP contribution in [0.2, 0.25) is 0 Å². The van der Waals surface area contributed by atoms with Gasteiger partial charge in [-0.3, -0.25) is 0 Å². The second kappa shape index (κ2) is 2.83. The van der Waals surface area contributed by atoms with Gasteiger partial charge >= 0.3 is 0 Å². The third-order valence-electron chi connectivity index (χ3n) is 1.12. The molecular formula is C5H9ClS. The average molecular weight is 137 g/mol. The Balaban J connectivity index is 2.12. The number of halogens is 1. The van der Waals surface area contributed by atoms with Crippen LogP contribution in [0.15, 0.2) is 0 Å². The summed E-state index contributed by atoms with van der Waals surface area (Å²) in [5.41, 5.74) is 0. The number of hydrogen-bond donors (Lipinski definition) is 0. The highest BCUT2D eigenvalue weighted by Gasteiger charge is 2.08. The van der Waals surface area contributed by atoms with Crippen molar-refractivity contribution in [2.45, 2.75) is 24.0 Å². The smallest absolute Gasteiger partial charge is 0.0788 e. The van der Waals surface area contributed by atoms with Crippen molar-refractivity contribution in [2.75, 3.05) is 5.75 Å². The first kappa shape index (κ1) is 5.77. The molecule has 2 heteroatoms. The second-order valence-corrected chi connectivity index (χ2v) is 3.87. The van der Waals surface area contributed by atoms with Crippen LogP contribution in [-0.4, -0.2) is 10.5 Å². The van der Waals surface area contributed by atoms with Gasteiger partial charge in [0.15, 0.2) is 0 Å². The first-order valence-corrected chi connectivity index (χ1v) is 4.14. The van der Waals surface area contributed by atoms with Gasteiger partial charge < -0.3 is 0 Å². The highest BCUT2D eigenvalue weighted by Crippen LogP contribution is 2.27. The monoisotopic (exact) mass is 136 g/mol. The van der Waals surface area contributed by atoms with Crippen LogP contribution in [0, 0.1) is 0 Å². The van der Waals surface area contributed by atoms with Crippen LogP contribution in [0.1, 0.15) is 19.3 Å². The van der Waals surface area contributed by atoms with Crippen LogP contribution in [-0.2, 0) is 0 Å². The molecule has 0 aromatic carbocycles. The number of alkyl halides is 1. The molecule has 0 spiro atoms. The Kier molecular flexibility index (Phi) is 2.33. The van der Waals surface area contributed by atoms with Crippen molar-refractivity contribution in [3.63, 3.8) is 0 Å². The molecular weight excluding hydrogens is 128 g/mol. The van der Waals surface area contributed by atoms with Crippen LogP contribution in [0.5, 0.6) is 0 Å². The van der Waals surface area contributed by atoms with Crippen LogP contribution < -0.4 is 0 Å². The van der Waals surface area contributed by atoms with Crippen molar-refractivity contribution in [2.24, 2.45) is 0 Å². The van der Waals surface area contributed by atoms with E-state index < -0.39 is 0 Å². The molecule has 1 saturated heterocycles. The third kappa shape index (κ3) is 1.92. The summed E-state index contributed by atoms with van der Waals surface area (Å²) < 4.78 is 0.425. The third-order valence-corrected chi connectivity index (χ3v) is 2.84. The molecule has 0 N–H and O–H groups in total. The highest BCUT2D eigenvalue weighted by atomic mass is 35.5. The lowest BCUT2D eigenvalue weighted by molar-refractivity contribution is 0.743. The van der Waals surface area contributed by atoms with Crippen molar-refractivity contribution in [1.82, 2.24) is 0 Å². The molecule has 0 amide bonds. The highest BCUT2D eigenvalue weighted by molar-refractivity contribution is 8.01. The van der Waals surface area contributed by atoms with Gasteiger partial charge in [-0.25, -0.2) is 0 Å². The summed E-state index contributed by atoms with van der Waals surface area (Å²) in [5, 5.41) is 0. The molecule has 1 unspecified atom stereocenters. The van der Waals surface area contributed by atoms with Crippen molar-refractivity contribution in [3.8, 4) is 0 Å². The van der Waals surface area contributed by atoms with Gasteiger partial charge in [-0.1, -0.05) is 6.42 Å². The molecule has 1 heterocycles. The lowest BCUT2D eigenvalue weighted by Gasteiger charge is -2.13. The molecule has 1 fully saturated rings. The lowest BCUT2D eigenvalue weighted by atomic mass is 10.3. The predicted octanol–water partition coefficient (Wildman–Crippen LogP) is 2.47. The normalized spacial score (nSPS) is 33.0. The molecule has 0 aliphatic carbocycles. The maximum absolute atomic E-state index is 5.78. The van der Waals surface area contributed by atoms with E-state index in [1.807, 2.05) is 11.8 Å². The average Bonchev–Trinajstić information content (AvgIpc) is 1.69. The van der Waals surface area contributed by atoms with E-state index in [0.29, 0.717) is 4.71 Å². The fourth-order valence-electron chi connectivity index (χ4n) is 0.701. The van der Waals surface area contributed by atoms with Crippen LogP contribution >= 0.6 is 23.4 Å². The Hall–Kier alpha value is 0.640. The van der Waals surface area contributed by atoms with Gasteiger partial charge in [0.1, 0.15) is 0 Å². The summed E-state index contributed by atoms with van der Waals surface area (Å²) in [4.78, 5) is 0. The molecule has 1 aliphatic heterocycles. The Morgan fingerprint density at radius 3 is 2.57 bits per heavy atom. The molecule has 0 radical (unpaired) electrons. The Morgan fingerprint density at radius 2 is 2.29 bits per heavy atom. The largest absolute Gasteiger partial charge is 0.142 e. The zero-order chi connectivity index (χ0) is 5.11. The van der Waals surface area contributed by atoms with Crippen molar-refractivity contribution in [1.29, 1.82) is 0 Å². The zero-order valence-electron chi connectivity index (χ0n) is 4.19. The van der Waals surface area contributed by atoms with Crippen molar-refractivity contribution < 1.29 is 0 Å². The van der Waals surface area contributed by atoms with Gasteiger partial charge in [0.05, 0.1) is 4.71 Å². The van der Waals surface area contributed by atoms with E-state index in [9.17, 15) is 0 Å². The summed E-state index contributed by atoms with van der Waals surface area (Å²) >= 11 is 7.66. The van der Waals surface area contributed by atoms with Gasteiger partial charge in [0.2, 0.25) is 0 Å². The second-order valence-electron chi connectivity index (χ2n) is 1.78. The minimum absolute atomic E-state index is 0.425. The molecule has 0 nitrogen and oxygen atoms in total. The van der Waals surface area contributed by atoms with E-state index in [1.165, 1.54) is 25.0 Å². The number of thioether (sulfide) groups is 1. The quantitative estimate of drug-likeness (QED) is 0.461. The molecule has 1 atom stereocenters. The van der Waals surface area contributed by atoms with Crippen LogP contribution in [0.4, 0.5) is 0 Å². The van der Waals surface area contributed by atoms with Gasteiger partial charge in [-0.15, -0.1) is 23.4 Å². The van der Waals surface area contributed by atoms with E-state index in [0.717, 1.165) is 0 Å². The zero-order valence-corrected chi connectivity index (χ0v) is 5.76. The SMILES string of the molecule is ClC1CCCCS1. The number of rotatable bonds is 0. The Labute approximate surface area is 53.6 Å². The summed E-state index contributed by atoms with van der Waals surface area (Å²) in [7, 11) is 0. The summed E-state index contributed by atoms with van der Waals surface area (Å²) in [6.07, 6.45) is 3.92. The van der Waals surface area contributed by atoms with Crippen molar-refractivity contribution >= 4 is 23.4 Å². The summed E-state index contributed by atoms with van der Waals surface area (Å²) in [6, 6.07) is 0. The van der Waals surface area contributed by atoms with E-state index in [2.05, 4.69) is 0 Å². The fourth-order valence-corrected chi connectivity index (χ4v) is 2.08. The van der Waals surface area contributed by atoms with Gasteiger partial charge in [0.25, 0.3) is 0 Å². The van der Waals surface area contributed by atoms with E-state index in [4.69, 9.17) is 11.6 Å². The van der Waals surface area contributed by atoms with Gasteiger partial charge in [-0.05, 0) is 18.6 Å². The van der Waals surface area contributed by atoms with E-state index in [-0.39, 0.29) is 0 Å². The maximum Gasteiger partial charge on any atom is 0.0788 e. The molecule has 0 aromatic rings. The molecule has 1 aliphatic rings. The summed E-state index contributed by atoms with van der Waals surface area (Å²) in [5.74, 6) is 1.27. The van der Waals surface area contributed by atoms with E-state index in [1.54, 1.807) is 0 Å². The Morgan fingerprint density at radius 1 is 1.43 bits per heavy atom. The Bertz CT molecular complexity index is 50.0. The molecule has 0 bridgehead atoms.